The van der Waals surface area contributed by atoms with Gasteiger partial charge in [-0.3, -0.25) is 19.8 Å². The summed E-state index contributed by atoms with van der Waals surface area (Å²) in [5.74, 6) is -0.0996. The zero-order chi connectivity index (χ0) is 25.1. The molecule has 0 spiro atoms. The second-order valence-electron chi connectivity index (χ2n) is 9.74. The van der Waals surface area contributed by atoms with Gasteiger partial charge in [0.05, 0.1) is 11.4 Å². The van der Waals surface area contributed by atoms with E-state index in [4.69, 9.17) is 9.94 Å². The molecular formula is C28H32N4O4. The Kier molecular flexibility index (Phi) is 7.16. The lowest BCUT2D eigenvalue weighted by Crippen LogP contribution is -2.44. The highest BCUT2D eigenvalue weighted by Gasteiger charge is 2.34. The maximum absolute atomic E-state index is 12.8. The Hall–Kier alpha value is -3.49. The average Bonchev–Trinajstić information content (AvgIpc) is 3.34. The van der Waals surface area contributed by atoms with Crippen LogP contribution in [0, 0.1) is 12.8 Å². The maximum atomic E-state index is 12.8. The van der Waals surface area contributed by atoms with E-state index in [9.17, 15) is 9.59 Å². The van der Waals surface area contributed by atoms with Gasteiger partial charge in [0.25, 0.3) is 0 Å². The van der Waals surface area contributed by atoms with Crippen LogP contribution in [0.3, 0.4) is 0 Å². The summed E-state index contributed by atoms with van der Waals surface area (Å²) in [4.78, 5) is 29.3. The molecule has 2 heterocycles. The zero-order valence-electron chi connectivity index (χ0n) is 20.4. The number of hydrogen-bond donors (Lipinski definition) is 4. The molecule has 3 aromatic rings. The highest BCUT2D eigenvalue weighted by Crippen LogP contribution is 2.31. The van der Waals surface area contributed by atoms with Gasteiger partial charge in [0, 0.05) is 35.1 Å². The Labute approximate surface area is 210 Å². The van der Waals surface area contributed by atoms with Crippen LogP contribution in [0.5, 0.6) is 5.75 Å². The summed E-state index contributed by atoms with van der Waals surface area (Å²) in [6, 6.07) is 15.9. The zero-order valence-corrected chi connectivity index (χ0v) is 20.4. The second kappa shape index (κ2) is 10.6. The first kappa shape index (κ1) is 24.2. The fourth-order valence-corrected chi connectivity index (χ4v) is 5.56. The third-order valence-corrected chi connectivity index (χ3v) is 7.30. The van der Waals surface area contributed by atoms with Crippen LogP contribution < -0.4 is 20.9 Å². The van der Waals surface area contributed by atoms with Crippen LogP contribution >= 0.6 is 0 Å². The van der Waals surface area contributed by atoms with E-state index < -0.39 is 5.91 Å². The van der Waals surface area contributed by atoms with Crippen molar-refractivity contribution < 1.29 is 19.5 Å². The predicted octanol–water partition coefficient (Wildman–Crippen LogP) is 3.49. The topological polar surface area (TPSA) is 113 Å². The predicted molar refractivity (Wildman–Crippen MR) is 136 cm³/mol. The second-order valence-corrected chi connectivity index (χ2v) is 9.74. The molecule has 8 heteroatoms. The molecule has 0 radical (unpaired) electrons. The molecular weight excluding hydrogens is 456 g/mol. The third kappa shape index (κ3) is 5.20. The first-order chi connectivity index (χ1) is 17.5. The summed E-state index contributed by atoms with van der Waals surface area (Å²) >= 11 is 0. The number of carbonyl (C=O) groups excluding carboxylic acids is 2. The summed E-state index contributed by atoms with van der Waals surface area (Å²) < 4.78 is 6.19. The SMILES string of the molecule is Cc1cc(COc2ccc3c(c2)CCNC3CC(=O)NC2CCCC2C(=O)NO)c2ccccc2n1. The van der Waals surface area contributed by atoms with Gasteiger partial charge in [0.15, 0.2) is 0 Å². The molecule has 188 valence electrons. The fraction of sp³-hybridized carbons (Fsp3) is 0.393. The summed E-state index contributed by atoms with van der Waals surface area (Å²) in [6.45, 7) is 3.23. The average molecular weight is 489 g/mol. The summed E-state index contributed by atoms with van der Waals surface area (Å²) in [5, 5.41) is 16.5. The van der Waals surface area contributed by atoms with Gasteiger partial charge in [-0.25, -0.2) is 5.48 Å². The molecule has 2 aromatic carbocycles. The Morgan fingerprint density at radius 2 is 2.03 bits per heavy atom. The van der Waals surface area contributed by atoms with E-state index in [1.54, 1.807) is 5.48 Å². The number of pyridine rings is 1. The minimum atomic E-state index is -0.429. The molecule has 36 heavy (non-hydrogen) atoms. The van der Waals surface area contributed by atoms with E-state index in [0.717, 1.165) is 59.3 Å². The number of para-hydroxylation sites is 1. The number of nitrogens with one attached hydrogen (secondary N) is 3. The Morgan fingerprint density at radius 1 is 1.17 bits per heavy atom. The van der Waals surface area contributed by atoms with Crippen molar-refractivity contribution in [3.8, 4) is 5.75 Å². The molecule has 0 saturated heterocycles. The molecule has 3 unspecified atom stereocenters. The Balaban J connectivity index is 1.24. The molecule has 1 fully saturated rings. The van der Waals surface area contributed by atoms with E-state index >= 15 is 0 Å². The highest BCUT2D eigenvalue weighted by atomic mass is 16.5. The first-order valence-corrected chi connectivity index (χ1v) is 12.6. The highest BCUT2D eigenvalue weighted by molar-refractivity contribution is 5.82. The number of amides is 2. The molecule has 1 aromatic heterocycles. The lowest BCUT2D eigenvalue weighted by atomic mass is 9.92. The van der Waals surface area contributed by atoms with Crippen LogP contribution in [0.4, 0.5) is 0 Å². The van der Waals surface area contributed by atoms with E-state index in [0.29, 0.717) is 19.4 Å². The maximum Gasteiger partial charge on any atom is 0.248 e. The van der Waals surface area contributed by atoms with Crippen LogP contribution in [0.25, 0.3) is 10.9 Å². The normalized spacial score (nSPS) is 21.1. The molecule has 0 bridgehead atoms. The largest absolute Gasteiger partial charge is 0.489 e. The number of rotatable bonds is 7. The molecule has 5 rings (SSSR count). The number of hydroxylamine groups is 1. The molecule has 3 atom stereocenters. The number of hydrogen-bond acceptors (Lipinski definition) is 6. The number of carbonyl (C=O) groups is 2. The molecule has 1 aliphatic carbocycles. The standard InChI is InChI=1S/C28H32N4O4/c1-17-13-19(21-5-2-3-7-24(21)30-17)16-36-20-9-10-22-18(14-20)11-12-29-26(22)15-27(33)31-25-8-4-6-23(25)28(34)32-35/h2-3,5,7,9-10,13-14,23,25-26,29,35H,4,6,8,11-12,15-16H2,1H3,(H,31,33)(H,32,34). The van der Waals surface area contributed by atoms with Gasteiger partial charge in [0.1, 0.15) is 12.4 Å². The number of nitrogens with zero attached hydrogens (tertiary/aromatic N) is 1. The van der Waals surface area contributed by atoms with Crippen molar-refractivity contribution in [3.05, 3.63) is 70.9 Å². The van der Waals surface area contributed by atoms with Crippen molar-refractivity contribution in [1.29, 1.82) is 0 Å². The van der Waals surface area contributed by atoms with Gasteiger partial charge in [-0.15, -0.1) is 0 Å². The number of benzene rings is 2. The van der Waals surface area contributed by atoms with Gasteiger partial charge >= 0.3 is 0 Å². The van der Waals surface area contributed by atoms with Gasteiger partial charge in [0.2, 0.25) is 11.8 Å². The first-order valence-electron chi connectivity index (χ1n) is 12.6. The molecule has 4 N–H and O–H groups in total. The molecule has 2 amide bonds. The minimum absolute atomic E-state index is 0.0942. The quantitative estimate of drug-likeness (QED) is 0.299. The molecule has 2 aliphatic rings. The number of aryl methyl sites for hydroxylation is 1. The smallest absolute Gasteiger partial charge is 0.248 e. The third-order valence-electron chi connectivity index (χ3n) is 7.30. The van der Waals surface area contributed by atoms with Gasteiger partial charge in [-0.05, 0) is 68.1 Å². The lowest BCUT2D eigenvalue weighted by Gasteiger charge is -2.28. The Bertz CT molecular complexity index is 1280. The van der Waals surface area contributed by atoms with Crippen LogP contribution in [0.2, 0.25) is 0 Å². The van der Waals surface area contributed by atoms with Crippen molar-refractivity contribution >= 4 is 22.7 Å². The van der Waals surface area contributed by atoms with Crippen LogP contribution in [0.1, 0.15) is 54.1 Å². The van der Waals surface area contributed by atoms with Crippen molar-refractivity contribution in [1.82, 2.24) is 21.1 Å². The van der Waals surface area contributed by atoms with Gasteiger partial charge < -0.3 is 15.4 Å². The fourth-order valence-electron chi connectivity index (χ4n) is 5.56. The van der Waals surface area contributed by atoms with Crippen molar-refractivity contribution in [2.75, 3.05) is 6.54 Å². The van der Waals surface area contributed by atoms with Gasteiger partial charge in [-0.2, -0.15) is 0 Å². The number of ether oxygens (including phenoxy) is 1. The van der Waals surface area contributed by atoms with Crippen molar-refractivity contribution in [2.45, 2.75) is 57.7 Å². The van der Waals surface area contributed by atoms with Crippen molar-refractivity contribution in [2.24, 2.45) is 5.92 Å². The van der Waals surface area contributed by atoms with E-state index in [2.05, 4.69) is 33.8 Å². The van der Waals surface area contributed by atoms with E-state index in [1.165, 1.54) is 5.56 Å². The number of aromatic nitrogens is 1. The van der Waals surface area contributed by atoms with Crippen LogP contribution in [-0.4, -0.2) is 34.6 Å². The summed E-state index contributed by atoms with van der Waals surface area (Å²) in [6.07, 6.45) is 3.42. The van der Waals surface area contributed by atoms with E-state index in [1.807, 2.05) is 37.3 Å². The molecule has 1 saturated carbocycles. The van der Waals surface area contributed by atoms with E-state index in [-0.39, 0.29) is 23.9 Å². The van der Waals surface area contributed by atoms with Crippen LogP contribution in [-0.2, 0) is 22.6 Å². The number of fused-ring (bicyclic) bond motifs is 2. The molecule has 1 aliphatic heterocycles. The Morgan fingerprint density at radius 3 is 2.89 bits per heavy atom. The lowest BCUT2D eigenvalue weighted by molar-refractivity contribution is -0.134. The minimum Gasteiger partial charge on any atom is -0.489 e. The molecule has 8 nitrogen and oxygen atoms in total. The van der Waals surface area contributed by atoms with Crippen molar-refractivity contribution in [3.63, 3.8) is 0 Å². The summed E-state index contributed by atoms with van der Waals surface area (Å²) in [7, 11) is 0. The monoisotopic (exact) mass is 488 g/mol. The van der Waals surface area contributed by atoms with Crippen LogP contribution in [0.15, 0.2) is 48.5 Å². The van der Waals surface area contributed by atoms with Gasteiger partial charge in [-0.1, -0.05) is 30.7 Å². The summed E-state index contributed by atoms with van der Waals surface area (Å²) in [5.41, 5.74) is 7.04.